The summed E-state index contributed by atoms with van der Waals surface area (Å²) in [5.74, 6) is 0. The lowest BCUT2D eigenvalue weighted by atomic mass is 9.93. The molecule has 0 saturated heterocycles. The molecule has 0 amide bonds. The van der Waals surface area contributed by atoms with Crippen LogP contribution in [0.2, 0.25) is 0 Å². The van der Waals surface area contributed by atoms with Gasteiger partial charge in [-0.3, -0.25) is 0 Å². The van der Waals surface area contributed by atoms with Crippen LogP contribution in [0.15, 0.2) is 34.9 Å². The summed E-state index contributed by atoms with van der Waals surface area (Å²) in [4.78, 5) is 0. The first kappa shape index (κ1) is 23.1. The van der Waals surface area contributed by atoms with Gasteiger partial charge in [0.25, 0.3) is 0 Å². The largest absolute Gasteiger partial charge is 0.396 e. The number of allylic oxidation sites excluding steroid dienone is 5. The van der Waals surface area contributed by atoms with Crippen molar-refractivity contribution in [2.75, 3.05) is 33.0 Å². The average molecular weight is 341 g/mol. The first-order valence-electron chi connectivity index (χ1n) is 8.74. The molecule has 0 aliphatic heterocycles. The van der Waals surface area contributed by atoms with Crippen molar-refractivity contribution in [1.82, 2.24) is 0 Å². The second-order valence-electron chi connectivity index (χ2n) is 6.95. The number of ether oxygens (including phenoxy) is 1. The van der Waals surface area contributed by atoms with Gasteiger partial charge in [0.05, 0.1) is 38.4 Å². The molecule has 4 nitrogen and oxygen atoms in total. The molecule has 0 aliphatic rings. The fourth-order valence-corrected chi connectivity index (χ4v) is 2.10. The molecule has 140 valence electrons. The summed E-state index contributed by atoms with van der Waals surface area (Å²) in [6, 6.07) is 0. The highest BCUT2D eigenvalue weighted by atomic mass is 16.5. The summed E-state index contributed by atoms with van der Waals surface area (Å²) < 4.78 is 5.47. The highest BCUT2D eigenvalue weighted by Crippen LogP contribution is 2.15. The van der Waals surface area contributed by atoms with E-state index in [1.165, 1.54) is 16.7 Å². The van der Waals surface area contributed by atoms with Gasteiger partial charge in [-0.25, -0.2) is 0 Å². The van der Waals surface area contributed by atoms with Crippen molar-refractivity contribution >= 4 is 0 Å². The van der Waals surface area contributed by atoms with Crippen LogP contribution in [0.1, 0.15) is 53.4 Å². The summed E-state index contributed by atoms with van der Waals surface area (Å²) in [6.07, 6.45) is 10.8. The molecular weight excluding hydrogens is 304 g/mol. The molecule has 0 heterocycles. The summed E-state index contributed by atoms with van der Waals surface area (Å²) in [7, 11) is 0. The molecule has 0 fully saturated rings. The Bertz CT molecular complexity index is 405. The highest BCUT2D eigenvalue weighted by molar-refractivity contribution is 5.05. The SMILES string of the molecule is CC(C)=CCCC(C)=CCCC(C)=CCOCC(CO)(CO)CO. The van der Waals surface area contributed by atoms with Crippen LogP contribution in [0.3, 0.4) is 0 Å². The second-order valence-corrected chi connectivity index (χ2v) is 6.95. The van der Waals surface area contributed by atoms with E-state index in [2.05, 4.69) is 39.8 Å². The molecule has 0 aromatic carbocycles. The molecule has 0 bridgehead atoms. The molecule has 0 atom stereocenters. The Morgan fingerprint density at radius 2 is 1.29 bits per heavy atom. The van der Waals surface area contributed by atoms with Gasteiger partial charge in [0.2, 0.25) is 0 Å². The fraction of sp³-hybridized carbons (Fsp3) is 0.700. The summed E-state index contributed by atoms with van der Waals surface area (Å²) >= 11 is 0. The van der Waals surface area contributed by atoms with Crippen LogP contribution in [-0.2, 0) is 4.74 Å². The van der Waals surface area contributed by atoms with Crippen LogP contribution in [0.5, 0.6) is 0 Å². The maximum atomic E-state index is 9.22. The molecule has 0 rings (SSSR count). The molecule has 0 saturated carbocycles. The zero-order chi connectivity index (χ0) is 18.4. The number of aliphatic hydroxyl groups excluding tert-OH is 3. The van der Waals surface area contributed by atoms with Gasteiger partial charge in [-0.1, -0.05) is 34.9 Å². The quantitative estimate of drug-likeness (QED) is 0.355. The molecule has 0 radical (unpaired) electrons. The normalized spacial score (nSPS) is 13.3. The van der Waals surface area contributed by atoms with Gasteiger partial charge in [0.15, 0.2) is 0 Å². The van der Waals surface area contributed by atoms with E-state index in [0.29, 0.717) is 6.61 Å². The Morgan fingerprint density at radius 1 is 0.792 bits per heavy atom. The summed E-state index contributed by atoms with van der Waals surface area (Å²) in [5, 5.41) is 27.7. The molecular formula is C20H36O4. The van der Waals surface area contributed by atoms with Crippen molar-refractivity contribution in [3.63, 3.8) is 0 Å². The van der Waals surface area contributed by atoms with Crippen LogP contribution in [0.4, 0.5) is 0 Å². The molecule has 0 aromatic rings. The van der Waals surface area contributed by atoms with Gasteiger partial charge in [-0.2, -0.15) is 0 Å². The average Bonchev–Trinajstić information content (AvgIpc) is 2.55. The Kier molecular flexibility index (Phi) is 12.8. The maximum absolute atomic E-state index is 9.22. The lowest BCUT2D eigenvalue weighted by molar-refractivity contribution is -0.0524. The van der Waals surface area contributed by atoms with E-state index in [0.717, 1.165) is 25.7 Å². The van der Waals surface area contributed by atoms with Gasteiger partial charge in [0.1, 0.15) is 0 Å². The van der Waals surface area contributed by atoms with E-state index in [1.54, 1.807) is 0 Å². The molecule has 0 aliphatic carbocycles. The van der Waals surface area contributed by atoms with Crippen molar-refractivity contribution in [2.45, 2.75) is 53.4 Å². The molecule has 0 aromatic heterocycles. The third-order valence-electron chi connectivity index (χ3n) is 4.09. The number of hydrogen-bond acceptors (Lipinski definition) is 4. The van der Waals surface area contributed by atoms with Gasteiger partial charge in [0, 0.05) is 0 Å². The Morgan fingerprint density at radius 3 is 1.79 bits per heavy atom. The summed E-state index contributed by atoms with van der Waals surface area (Å²) in [6.45, 7) is 8.20. The van der Waals surface area contributed by atoms with E-state index in [-0.39, 0.29) is 26.4 Å². The zero-order valence-corrected chi connectivity index (χ0v) is 15.8. The van der Waals surface area contributed by atoms with Gasteiger partial charge >= 0.3 is 0 Å². The zero-order valence-electron chi connectivity index (χ0n) is 15.8. The number of aliphatic hydroxyl groups is 3. The second kappa shape index (κ2) is 13.4. The van der Waals surface area contributed by atoms with Crippen molar-refractivity contribution < 1.29 is 20.1 Å². The molecule has 24 heavy (non-hydrogen) atoms. The first-order chi connectivity index (χ1) is 11.4. The highest BCUT2D eigenvalue weighted by Gasteiger charge is 2.28. The van der Waals surface area contributed by atoms with Crippen molar-refractivity contribution in [1.29, 1.82) is 0 Å². The Hall–Kier alpha value is -0.940. The standard InChI is InChI=1S/C20H36O4/c1-17(2)7-5-8-18(3)9-6-10-19(4)11-12-24-16-20(13-21,14-22)15-23/h7,9,11,21-23H,5-6,8,10,12-16H2,1-4H3. The van der Waals surface area contributed by atoms with E-state index in [9.17, 15) is 15.3 Å². The Labute approximate surface area is 147 Å². The van der Waals surface area contributed by atoms with Crippen molar-refractivity contribution in [3.8, 4) is 0 Å². The minimum absolute atomic E-state index is 0.143. The van der Waals surface area contributed by atoms with Crippen LogP contribution < -0.4 is 0 Å². The van der Waals surface area contributed by atoms with Crippen molar-refractivity contribution in [2.24, 2.45) is 5.41 Å². The van der Waals surface area contributed by atoms with E-state index in [1.807, 2.05) is 6.08 Å². The van der Waals surface area contributed by atoms with Gasteiger partial charge < -0.3 is 20.1 Å². The summed E-state index contributed by atoms with van der Waals surface area (Å²) in [5.41, 5.74) is 3.10. The lowest BCUT2D eigenvalue weighted by Crippen LogP contribution is -2.38. The van der Waals surface area contributed by atoms with Gasteiger partial charge in [-0.05, 0) is 53.4 Å². The van der Waals surface area contributed by atoms with Crippen LogP contribution in [0.25, 0.3) is 0 Å². The third-order valence-corrected chi connectivity index (χ3v) is 4.09. The smallest absolute Gasteiger partial charge is 0.0650 e. The number of rotatable bonds is 13. The minimum atomic E-state index is -0.952. The topological polar surface area (TPSA) is 69.9 Å². The van der Waals surface area contributed by atoms with E-state index < -0.39 is 5.41 Å². The molecule has 3 N–H and O–H groups in total. The van der Waals surface area contributed by atoms with Crippen LogP contribution in [-0.4, -0.2) is 48.4 Å². The van der Waals surface area contributed by atoms with Crippen LogP contribution in [0, 0.1) is 5.41 Å². The molecule has 4 heteroatoms. The van der Waals surface area contributed by atoms with E-state index in [4.69, 9.17) is 4.74 Å². The third kappa shape index (κ3) is 10.8. The predicted octanol–water partition coefficient (Wildman–Crippen LogP) is 3.39. The fourth-order valence-electron chi connectivity index (χ4n) is 2.10. The first-order valence-corrected chi connectivity index (χ1v) is 8.74. The minimum Gasteiger partial charge on any atom is -0.396 e. The Balaban J connectivity index is 4.05. The number of hydrogen-bond donors (Lipinski definition) is 3. The van der Waals surface area contributed by atoms with Crippen LogP contribution >= 0.6 is 0 Å². The maximum Gasteiger partial charge on any atom is 0.0650 e. The predicted molar refractivity (Wildman–Crippen MR) is 99.9 cm³/mol. The van der Waals surface area contributed by atoms with Gasteiger partial charge in [-0.15, -0.1) is 0 Å². The van der Waals surface area contributed by atoms with E-state index >= 15 is 0 Å². The van der Waals surface area contributed by atoms with Crippen molar-refractivity contribution in [3.05, 3.63) is 34.9 Å². The lowest BCUT2D eigenvalue weighted by Gasteiger charge is -2.26. The molecule has 0 spiro atoms. The monoisotopic (exact) mass is 340 g/mol. The molecule has 0 unspecified atom stereocenters.